The number of amides is 1. The van der Waals surface area contributed by atoms with Gasteiger partial charge in [0.25, 0.3) is 5.91 Å². The second-order valence-electron chi connectivity index (χ2n) is 5.20. The summed E-state index contributed by atoms with van der Waals surface area (Å²) < 4.78 is 43.0. The number of alkyl halides is 3. The maximum Gasteiger partial charge on any atom is 0.415 e. The van der Waals surface area contributed by atoms with Crippen LogP contribution in [0, 0.1) is 0 Å². The Labute approximate surface area is 109 Å². The number of nitrogens with two attached hydrogens (primary N) is 1. The molecule has 19 heavy (non-hydrogen) atoms. The van der Waals surface area contributed by atoms with Gasteiger partial charge in [0.2, 0.25) is 0 Å². The van der Waals surface area contributed by atoms with Crippen molar-refractivity contribution in [3.8, 4) is 0 Å². The first-order valence-corrected chi connectivity index (χ1v) is 5.91. The molecule has 0 radical (unpaired) electrons. The van der Waals surface area contributed by atoms with Gasteiger partial charge >= 0.3 is 6.18 Å². The Morgan fingerprint density at radius 1 is 1.42 bits per heavy atom. The number of nitrogens with zero attached hydrogens (tertiary/aromatic N) is 1. The maximum absolute atomic E-state index is 12.7. The van der Waals surface area contributed by atoms with Gasteiger partial charge in [0, 0.05) is 39.6 Å². The normalized spacial score (nSPS) is 22.7. The van der Waals surface area contributed by atoms with Crippen LogP contribution in [0.5, 0.6) is 0 Å². The zero-order valence-corrected chi connectivity index (χ0v) is 11.0. The average Bonchev–Trinajstić information content (AvgIpc) is 2.26. The largest absolute Gasteiger partial charge is 0.415 e. The number of hydrogen-bond donors (Lipinski definition) is 2. The van der Waals surface area contributed by atoms with Crippen molar-refractivity contribution in [3.63, 3.8) is 0 Å². The van der Waals surface area contributed by atoms with Gasteiger partial charge < -0.3 is 20.5 Å². The summed E-state index contributed by atoms with van der Waals surface area (Å²) in [4.78, 5) is 12.6. The van der Waals surface area contributed by atoms with Gasteiger partial charge in [-0.3, -0.25) is 4.79 Å². The Kier molecular flexibility index (Phi) is 4.48. The van der Waals surface area contributed by atoms with Crippen LogP contribution >= 0.6 is 0 Å². The van der Waals surface area contributed by atoms with Crippen LogP contribution in [0.2, 0.25) is 0 Å². The molecular weight excluding hydrogens is 265 g/mol. The highest BCUT2D eigenvalue weighted by Crippen LogP contribution is 2.30. The van der Waals surface area contributed by atoms with Gasteiger partial charge in [-0.2, -0.15) is 13.2 Å². The van der Waals surface area contributed by atoms with E-state index in [1.807, 2.05) is 0 Å². The predicted molar refractivity (Wildman–Crippen MR) is 61.3 cm³/mol. The predicted octanol–water partition coefficient (Wildman–Crippen LogP) is 0.266. The van der Waals surface area contributed by atoms with Crippen molar-refractivity contribution < 1.29 is 27.8 Å². The van der Waals surface area contributed by atoms with Gasteiger partial charge in [-0.25, -0.2) is 0 Å². The molecule has 1 fully saturated rings. The minimum Gasteiger partial charge on any atom is -0.388 e. The Bertz CT molecular complexity index is 339. The SMILES string of the molecule is CN(CC1(O)CCOCC1)C(=O)C(C)(N)C(F)(F)F. The third-order valence-electron chi connectivity index (χ3n) is 3.33. The molecular formula is C11H19F3N2O3. The molecule has 1 aliphatic rings. The topological polar surface area (TPSA) is 75.8 Å². The van der Waals surface area contributed by atoms with E-state index in [4.69, 9.17) is 10.5 Å². The maximum atomic E-state index is 12.7. The third-order valence-corrected chi connectivity index (χ3v) is 3.33. The lowest BCUT2D eigenvalue weighted by Crippen LogP contribution is -2.63. The van der Waals surface area contributed by atoms with Gasteiger partial charge in [0.1, 0.15) is 0 Å². The average molecular weight is 284 g/mol. The van der Waals surface area contributed by atoms with E-state index in [0.29, 0.717) is 20.1 Å². The van der Waals surface area contributed by atoms with Crippen molar-refractivity contribution >= 4 is 5.91 Å². The number of ether oxygens (including phenoxy) is 1. The number of aliphatic hydroxyl groups is 1. The molecule has 1 saturated heterocycles. The molecule has 0 aliphatic carbocycles. The molecule has 3 N–H and O–H groups in total. The van der Waals surface area contributed by atoms with E-state index in [-0.39, 0.29) is 19.4 Å². The summed E-state index contributed by atoms with van der Waals surface area (Å²) >= 11 is 0. The van der Waals surface area contributed by atoms with Crippen molar-refractivity contribution in [2.75, 3.05) is 26.8 Å². The zero-order valence-electron chi connectivity index (χ0n) is 11.0. The second-order valence-corrected chi connectivity index (χ2v) is 5.20. The van der Waals surface area contributed by atoms with Gasteiger partial charge in [0.05, 0.1) is 5.60 Å². The molecule has 1 heterocycles. The second kappa shape index (κ2) is 5.26. The molecule has 0 aromatic heterocycles. The summed E-state index contributed by atoms with van der Waals surface area (Å²) in [6.45, 7) is 1.06. The Hall–Kier alpha value is -0.860. The quantitative estimate of drug-likeness (QED) is 0.780. The first-order chi connectivity index (χ1) is 8.50. The lowest BCUT2D eigenvalue weighted by Gasteiger charge is -2.38. The van der Waals surface area contributed by atoms with E-state index >= 15 is 0 Å². The van der Waals surface area contributed by atoms with Gasteiger partial charge in [-0.15, -0.1) is 0 Å². The van der Waals surface area contributed by atoms with Crippen molar-refractivity contribution in [1.82, 2.24) is 4.90 Å². The van der Waals surface area contributed by atoms with Gasteiger partial charge in [-0.05, 0) is 6.92 Å². The van der Waals surface area contributed by atoms with Crippen LogP contribution in [0.3, 0.4) is 0 Å². The lowest BCUT2D eigenvalue weighted by atomic mass is 9.92. The van der Waals surface area contributed by atoms with E-state index in [1.54, 1.807) is 0 Å². The van der Waals surface area contributed by atoms with Crippen LogP contribution < -0.4 is 5.73 Å². The molecule has 0 aromatic rings. The zero-order chi connectivity index (χ0) is 14.9. The fourth-order valence-electron chi connectivity index (χ4n) is 1.94. The minimum atomic E-state index is -4.84. The molecule has 112 valence electrons. The fourth-order valence-corrected chi connectivity index (χ4v) is 1.94. The van der Waals surface area contributed by atoms with Crippen LogP contribution in [0.25, 0.3) is 0 Å². The number of likely N-dealkylation sites (N-methyl/N-ethyl adjacent to an activating group) is 1. The minimum absolute atomic E-state index is 0.196. The smallest absolute Gasteiger partial charge is 0.388 e. The van der Waals surface area contributed by atoms with Crippen LogP contribution in [0.4, 0.5) is 13.2 Å². The van der Waals surface area contributed by atoms with Crippen LogP contribution in [0.15, 0.2) is 0 Å². The van der Waals surface area contributed by atoms with Crippen molar-refractivity contribution in [2.45, 2.75) is 37.1 Å². The molecule has 0 spiro atoms. The van der Waals surface area contributed by atoms with Crippen molar-refractivity contribution in [1.29, 1.82) is 0 Å². The van der Waals surface area contributed by atoms with E-state index < -0.39 is 23.2 Å². The van der Waals surface area contributed by atoms with Gasteiger partial charge in [-0.1, -0.05) is 0 Å². The van der Waals surface area contributed by atoms with E-state index in [0.717, 1.165) is 4.90 Å². The molecule has 1 amide bonds. The molecule has 8 heteroatoms. The van der Waals surface area contributed by atoms with E-state index in [1.165, 1.54) is 7.05 Å². The summed E-state index contributed by atoms with van der Waals surface area (Å²) in [5, 5.41) is 10.2. The first-order valence-electron chi connectivity index (χ1n) is 5.91. The van der Waals surface area contributed by atoms with Crippen LogP contribution in [-0.2, 0) is 9.53 Å². The van der Waals surface area contributed by atoms with Crippen molar-refractivity contribution in [2.24, 2.45) is 5.73 Å². The number of halogens is 3. The highest BCUT2D eigenvalue weighted by atomic mass is 19.4. The highest BCUT2D eigenvalue weighted by molar-refractivity contribution is 5.86. The molecule has 0 bridgehead atoms. The molecule has 1 unspecified atom stereocenters. The molecule has 0 aromatic carbocycles. The van der Waals surface area contributed by atoms with Crippen LogP contribution in [-0.4, -0.2) is 60.0 Å². The molecule has 1 rings (SSSR count). The summed E-state index contributed by atoms with van der Waals surface area (Å²) in [6, 6.07) is 0. The summed E-state index contributed by atoms with van der Waals surface area (Å²) in [7, 11) is 1.20. The number of hydrogen-bond acceptors (Lipinski definition) is 4. The Morgan fingerprint density at radius 3 is 2.32 bits per heavy atom. The highest BCUT2D eigenvalue weighted by Gasteiger charge is 2.55. The first kappa shape index (κ1) is 16.2. The van der Waals surface area contributed by atoms with Crippen LogP contribution in [0.1, 0.15) is 19.8 Å². The van der Waals surface area contributed by atoms with E-state index in [2.05, 4.69) is 0 Å². The number of carbonyl (C=O) groups excluding carboxylic acids is 1. The van der Waals surface area contributed by atoms with Gasteiger partial charge in [0.15, 0.2) is 5.54 Å². The number of carbonyl (C=O) groups is 1. The fraction of sp³-hybridized carbons (Fsp3) is 0.909. The summed E-state index contributed by atoms with van der Waals surface area (Å²) in [5.41, 5.74) is 0.891. The molecule has 1 aliphatic heterocycles. The van der Waals surface area contributed by atoms with Crippen molar-refractivity contribution in [3.05, 3.63) is 0 Å². The monoisotopic (exact) mass is 284 g/mol. The molecule has 5 nitrogen and oxygen atoms in total. The Morgan fingerprint density at radius 2 is 1.89 bits per heavy atom. The molecule has 1 atom stereocenters. The standard InChI is InChI=1S/C11H19F3N2O3/c1-9(15,11(12,13)14)8(17)16(2)7-10(18)3-5-19-6-4-10/h18H,3-7,15H2,1-2H3. The third kappa shape index (κ3) is 3.58. The van der Waals surface area contributed by atoms with E-state index in [9.17, 15) is 23.1 Å². The Balaban J connectivity index is 2.72. The molecule has 0 saturated carbocycles. The summed E-state index contributed by atoms with van der Waals surface area (Å²) in [6.07, 6.45) is -4.29. The lowest BCUT2D eigenvalue weighted by molar-refractivity contribution is -0.195. The number of rotatable bonds is 3. The summed E-state index contributed by atoms with van der Waals surface area (Å²) in [5.74, 6) is -1.26.